The number of amides is 1. The van der Waals surface area contributed by atoms with Gasteiger partial charge < -0.3 is 25.0 Å². The summed E-state index contributed by atoms with van der Waals surface area (Å²) < 4.78 is 42.2. The Morgan fingerprint density at radius 3 is 2.24 bits per heavy atom. The Morgan fingerprint density at radius 2 is 1.55 bits per heavy atom. The molecular weight excluding hydrogens is 667 g/mol. The van der Waals surface area contributed by atoms with Gasteiger partial charge in [0.2, 0.25) is 15.9 Å². The van der Waals surface area contributed by atoms with Crippen LogP contribution in [-0.2, 0) is 43.9 Å². The van der Waals surface area contributed by atoms with Gasteiger partial charge in [0, 0.05) is 31.1 Å². The summed E-state index contributed by atoms with van der Waals surface area (Å²) in [5, 5.41) is 22.3. The van der Waals surface area contributed by atoms with E-state index in [-0.39, 0.29) is 49.3 Å². The number of likely N-dealkylation sites (tertiary alicyclic amines) is 1. The van der Waals surface area contributed by atoms with E-state index < -0.39 is 28.3 Å². The van der Waals surface area contributed by atoms with Crippen molar-refractivity contribution >= 4 is 15.9 Å². The van der Waals surface area contributed by atoms with E-state index in [9.17, 15) is 23.4 Å². The van der Waals surface area contributed by atoms with E-state index in [1.807, 2.05) is 85.8 Å². The van der Waals surface area contributed by atoms with Crippen molar-refractivity contribution in [2.24, 2.45) is 0 Å². The molecule has 2 fully saturated rings. The van der Waals surface area contributed by atoms with Crippen molar-refractivity contribution in [1.82, 2.24) is 14.9 Å². The first-order valence-corrected chi connectivity index (χ1v) is 19.0. The van der Waals surface area contributed by atoms with Crippen molar-refractivity contribution in [2.45, 2.75) is 81.2 Å². The van der Waals surface area contributed by atoms with Gasteiger partial charge in [0.05, 0.1) is 30.3 Å². The Hall–Kier alpha value is -3.94. The van der Waals surface area contributed by atoms with E-state index >= 15 is 0 Å². The van der Waals surface area contributed by atoms with Crippen LogP contribution in [0.1, 0.15) is 65.0 Å². The van der Waals surface area contributed by atoms with Crippen LogP contribution in [0, 0.1) is 6.92 Å². The lowest BCUT2D eigenvalue weighted by atomic mass is 9.99. The molecule has 0 aliphatic carbocycles. The average molecular weight is 714 g/mol. The Labute approximate surface area is 300 Å². The van der Waals surface area contributed by atoms with Crippen molar-refractivity contribution in [3.05, 3.63) is 137 Å². The molecule has 0 saturated carbocycles. The summed E-state index contributed by atoms with van der Waals surface area (Å²) >= 11 is 0. The van der Waals surface area contributed by atoms with Crippen LogP contribution in [0.5, 0.6) is 0 Å². The Morgan fingerprint density at radius 1 is 0.863 bits per heavy atom. The molecule has 2 aliphatic heterocycles. The maximum atomic E-state index is 13.5. The van der Waals surface area contributed by atoms with E-state index in [1.54, 1.807) is 12.1 Å². The minimum atomic E-state index is -3.95. The third kappa shape index (κ3) is 9.69. The van der Waals surface area contributed by atoms with E-state index in [0.717, 1.165) is 52.8 Å². The Kier molecular flexibility index (Phi) is 12.3. The van der Waals surface area contributed by atoms with Crippen LogP contribution in [0.2, 0.25) is 0 Å². The Balaban J connectivity index is 1.14. The van der Waals surface area contributed by atoms with Gasteiger partial charge in [-0.2, -0.15) is 4.72 Å². The summed E-state index contributed by atoms with van der Waals surface area (Å²) in [4.78, 5) is 15.9. The normalized spacial score (nSPS) is 21.7. The molecule has 51 heavy (non-hydrogen) atoms. The molecule has 0 spiro atoms. The molecule has 6 rings (SSSR count). The number of aliphatic hydroxyl groups is 2. The molecule has 2 heterocycles. The number of carbonyl (C=O) groups is 1. The molecule has 1 amide bonds. The van der Waals surface area contributed by atoms with Crippen LogP contribution in [0.25, 0.3) is 0 Å². The van der Waals surface area contributed by atoms with Crippen LogP contribution >= 0.6 is 0 Å². The highest BCUT2D eigenvalue weighted by Crippen LogP contribution is 2.38. The fraction of sp³-hybridized carbons (Fsp3) is 0.375. The summed E-state index contributed by atoms with van der Waals surface area (Å²) in [5.41, 5.74) is 5.27. The van der Waals surface area contributed by atoms with Gasteiger partial charge in [0.1, 0.15) is 6.04 Å². The molecule has 0 radical (unpaired) electrons. The zero-order valence-electron chi connectivity index (χ0n) is 28.9. The first kappa shape index (κ1) is 36.8. The number of hydrogen-bond acceptors (Lipinski definition) is 8. The lowest BCUT2D eigenvalue weighted by Crippen LogP contribution is -2.47. The van der Waals surface area contributed by atoms with Gasteiger partial charge in [-0.15, -0.1) is 0 Å². The number of hydrogen-bond donors (Lipinski definition) is 4. The molecule has 11 heteroatoms. The first-order chi connectivity index (χ1) is 24.7. The molecule has 2 saturated heterocycles. The largest absolute Gasteiger partial charge is 0.395 e. The zero-order chi connectivity index (χ0) is 35.8. The van der Waals surface area contributed by atoms with Crippen molar-refractivity contribution < 1.29 is 32.9 Å². The van der Waals surface area contributed by atoms with E-state index in [4.69, 9.17) is 9.47 Å². The molecule has 5 atom stereocenters. The number of aryl methyl sites for hydroxylation is 1. The summed E-state index contributed by atoms with van der Waals surface area (Å²) in [6.07, 6.45) is 1.90. The number of carbonyl (C=O) groups excluding carboxylic acids is 1. The van der Waals surface area contributed by atoms with Gasteiger partial charge in [-0.3, -0.25) is 9.69 Å². The van der Waals surface area contributed by atoms with Gasteiger partial charge >= 0.3 is 0 Å². The molecule has 270 valence electrons. The van der Waals surface area contributed by atoms with Gasteiger partial charge in [-0.25, -0.2) is 8.42 Å². The monoisotopic (exact) mass is 713 g/mol. The quantitative estimate of drug-likeness (QED) is 0.148. The molecule has 0 aromatic heterocycles. The number of sulfonamides is 1. The van der Waals surface area contributed by atoms with Crippen LogP contribution in [0.4, 0.5) is 0 Å². The van der Waals surface area contributed by atoms with Gasteiger partial charge in [0.15, 0.2) is 6.29 Å². The average Bonchev–Trinajstić information content (AvgIpc) is 3.61. The summed E-state index contributed by atoms with van der Waals surface area (Å²) in [6, 6.07) is 30.4. The number of rotatable bonds is 14. The maximum Gasteiger partial charge on any atom is 0.241 e. The second-order valence-corrected chi connectivity index (χ2v) is 15.2. The minimum Gasteiger partial charge on any atom is -0.395 e. The van der Waals surface area contributed by atoms with E-state index in [1.165, 1.54) is 12.1 Å². The molecule has 0 bridgehead atoms. The topological polar surface area (TPSA) is 137 Å². The highest BCUT2D eigenvalue weighted by Gasteiger charge is 2.35. The lowest BCUT2D eigenvalue weighted by molar-refractivity contribution is -0.253. The molecule has 1 unspecified atom stereocenters. The molecule has 2 aliphatic rings. The second-order valence-electron chi connectivity index (χ2n) is 13.5. The van der Waals surface area contributed by atoms with Crippen molar-refractivity contribution in [3.8, 4) is 0 Å². The number of benzene rings is 4. The number of nitrogens with zero attached hydrogens (tertiary/aromatic N) is 1. The van der Waals surface area contributed by atoms with Crippen molar-refractivity contribution in [2.75, 3.05) is 19.7 Å². The molecule has 4 aromatic carbocycles. The third-order valence-corrected chi connectivity index (χ3v) is 11.2. The van der Waals surface area contributed by atoms with Crippen molar-refractivity contribution in [1.29, 1.82) is 0 Å². The second kappa shape index (κ2) is 17.1. The van der Waals surface area contributed by atoms with Crippen LogP contribution in [0.3, 0.4) is 0 Å². The molecule has 4 N–H and O–H groups in total. The van der Waals surface area contributed by atoms with Gasteiger partial charge in [0.25, 0.3) is 0 Å². The van der Waals surface area contributed by atoms with E-state index in [2.05, 4.69) is 14.9 Å². The number of aliphatic hydroxyl groups excluding tert-OH is 2. The smallest absolute Gasteiger partial charge is 0.241 e. The Bertz CT molecular complexity index is 1820. The minimum absolute atomic E-state index is 0.0266. The zero-order valence-corrected chi connectivity index (χ0v) is 29.7. The van der Waals surface area contributed by atoms with Crippen LogP contribution < -0.4 is 10.0 Å². The van der Waals surface area contributed by atoms with Crippen LogP contribution in [0.15, 0.2) is 108 Å². The van der Waals surface area contributed by atoms with Crippen LogP contribution in [-0.4, -0.2) is 67.3 Å². The molecular formula is C40H47N3O7S. The highest BCUT2D eigenvalue weighted by molar-refractivity contribution is 7.89. The van der Waals surface area contributed by atoms with E-state index in [0.29, 0.717) is 13.0 Å². The standard InChI is InChI=1S/C40H47N3O7S/c1-28-9-19-36(20-10-28)51(47,48)42-37(22-29-6-3-2-4-7-29)39(46)41-24-30-11-17-33(18-12-30)40-49-35(25-43-21-5-8-34(43)27-45)23-38(50-40)32-15-13-31(26-44)14-16-32/h2-4,6-7,9-20,34-35,37-38,40,42,44-45H,5,8,21-27H2,1H3,(H,41,46)/t34-,35-,37+,38+,40?/m0/s1. The highest BCUT2D eigenvalue weighted by atomic mass is 32.2. The maximum absolute atomic E-state index is 13.5. The lowest BCUT2D eigenvalue weighted by Gasteiger charge is -2.38. The SMILES string of the molecule is Cc1ccc(S(=O)(=O)N[C@H](Cc2ccccc2)C(=O)NCc2ccc(C3O[C@H](CN4CCC[C@H]4CO)C[C@H](c4ccc(CO)cc4)O3)cc2)cc1. The molecule has 10 nitrogen and oxygen atoms in total. The van der Waals surface area contributed by atoms with Gasteiger partial charge in [-0.1, -0.05) is 96.6 Å². The van der Waals surface area contributed by atoms with Crippen molar-refractivity contribution in [3.63, 3.8) is 0 Å². The fourth-order valence-electron chi connectivity index (χ4n) is 6.75. The summed E-state index contributed by atoms with van der Waals surface area (Å²) in [5.74, 6) is -0.432. The summed E-state index contributed by atoms with van der Waals surface area (Å²) in [6.45, 7) is 3.80. The van der Waals surface area contributed by atoms with Gasteiger partial charge in [-0.05, 0) is 67.1 Å². The summed E-state index contributed by atoms with van der Waals surface area (Å²) in [7, 11) is -3.95. The predicted molar refractivity (Wildman–Crippen MR) is 194 cm³/mol. The first-order valence-electron chi connectivity index (χ1n) is 17.6. The number of nitrogens with one attached hydrogen (secondary N) is 2. The fourth-order valence-corrected chi connectivity index (χ4v) is 7.95. The predicted octanol–water partition coefficient (Wildman–Crippen LogP) is 4.70. The third-order valence-electron chi connectivity index (χ3n) is 9.71. The number of ether oxygens (including phenoxy) is 2. The molecule has 4 aromatic rings.